The van der Waals surface area contributed by atoms with Gasteiger partial charge in [-0.3, -0.25) is 9.48 Å². The molecule has 4 nitrogen and oxygen atoms in total. The maximum atomic E-state index is 11.8. The molecule has 2 N–H and O–H groups in total. The second-order valence-corrected chi connectivity index (χ2v) is 5.66. The zero-order valence-electron chi connectivity index (χ0n) is 10.7. The van der Waals surface area contributed by atoms with Crippen molar-refractivity contribution in [1.82, 2.24) is 9.78 Å². The highest BCUT2D eigenvalue weighted by Gasteiger charge is 2.24. The van der Waals surface area contributed by atoms with Crippen molar-refractivity contribution in [3.63, 3.8) is 0 Å². The van der Waals surface area contributed by atoms with Gasteiger partial charge in [0, 0.05) is 12.1 Å². The molecule has 3 rings (SSSR count). The van der Waals surface area contributed by atoms with Gasteiger partial charge < -0.3 is 5.73 Å². The Bertz CT molecular complexity index is 694. The Hall–Kier alpha value is -1.52. The van der Waals surface area contributed by atoms with E-state index in [1.807, 2.05) is 4.68 Å². The molecule has 1 amide bonds. The summed E-state index contributed by atoms with van der Waals surface area (Å²) in [4.78, 5) is 11.8. The van der Waals surface area contributed by atoms with Gasteiger partial charge in [-0.25, -0.2) is 0 Å². The number of hydrogen-bond acceptors (Lipinski definition) is 2. The van der Waals surface area contributed by atoms with Crippen LogP contribution in [-0.4, -0.2) is 15.7 Å². The van der Waals surface area contributed by atoms with E-state index in [1.165, 1.54) is 0 Å². The van der Waals surface area contributed by atoms with Crippen LogP contribution in [0.2, 0.25) is 10.0 Å². The van der Waals surface area contributed by atoms with E-state index in [2.05, 4.69) is 5.10 Å². The first-order chi connectivity index (χ1) is 9.58. The van der Waals surface area contributed by atoms with Crippen LogP contribution in [0.25, 0.3) is 11.3 Å². The van der Waals surface area contributed by atoms with E-state index in [4.69, 9.17) is 28.9 Å². The predicted molar refractivity (Wildman–Crippen MR) is 79.1 cm³/mol. The molecule has 0 saturated heterocycles. The van der Waals surface area contributed by atoms with Crippen LogP contribution in [0.5, 0.6) is 0 Å². The van der Waals surface area contributed by atoms with E-state index in [1.54, 1.807) is 18.2 Å². The van der Waals surface area contributed by atoms with Crippen LogP contribution in [0.1, 0.15) is 28.9 Å². The van der Waals surface area contributed by atoms with Crippen molar-refractivity contribution < 1.29 is 4.79 Å². The van der Waals surface area contributed by atoms with Gasteiger partial charge in [0.1, 0.15) is 5.69 Å². The van der Waals surface area contributed by atoms with Crippen molar-refractivity contribution in [2.24, 2.45) is 5.73 Å². The summed E-state index contributed by atoms with van der Waals surface area (Å²) in [5, 5.41) is 5.44. The molecular weight excluding hydrogens is 297 g/mol. The third-order valence-electron chi connectivity index (χ3n) is 3.53. The number of hydrogen-bond donors (Lipinski definition) is 1. The highest BCUT2D eigenvalue weighted by molar-refractivity contribution is 6.42. The average molecular weight is 310 g/mol. The second kappa shape index (κ2) is 5.11. The molecular formula is C14H13Cl2N3O. The second-order valence-electron chi connectivity index (χ2n) is 4.84. The van der Waals surface area contributed by atoms with Crippen LogP contribution < -0.4 is 5.73 Å². The number of aromatic nitrogens is 2. The van der Waals surface area contributed by atoms with Gasteiger partial charge in [-0.05, 0) is 31.4 Å². The number of primary amides is 1. The summed E-state index contributed by atoms with van der Waals surface area (Å²) in [6.45, 7) is 0.816. The van der Waals surface area contributed by atoms with Gasteiger partial charge in [-0.2, -0.15) is 5.10 Å². The number of nitrogens with two attached hydrogens (primary N) is 1. The summed E-state index contributed by atoms with van der Waals surface area (Å²) < 4.78 is 1.88. The molecule has 20 heavy (non-hydrogen) atoms. The van der Waals surface area contributed by atoms with E-state index in [0.29, 0.717) is 21.3 Å². The first-order valence-electron chi connectivity index (χ1n) is 6.43. The molecule has 6 heteroatoms. The van der Waals surface area contributed by atoms with Gasteiger partial charge in [-0.1, -0.05) is 29.3 Å². The molecule has 1 aromatic heterocycles. The van der Waals surface area contributed by atoms with Crippen LogP contribution in [0.4, 0.5) is 0 Å². The van der Waals surface area contributed by atoms with Crippen molar-refractivity contribution in [2.75, 3.05) is 0 Å². The fourth-order valence-corrected chi connectivity index (χ4v) is 2.89. The van der Waals surface area contributed by atoms with Crippen molar-refractivity contribution in [1.29, 1.82) is 0 Å². The lowest BCUT2D eigenvalue weighted by molar-refractivity contribution is 0.0999. The van der Waals surface area contributed by atoms with Gasteiger partial charge in [0.25, 0.3) is 5.91 Å². The van der Waals surface area contributed by atoms with Gasteiger partial charge >= 0.3 is 0 Å². The average Bonchev–Trinajstić information content (AvgIpc) is 2.81. The van der Waals surface area contributed by atoms with E-state index in [-0.39, 0.29) is 0 Å². The lowest BCUT2D eigenvalue weighted by Gasteiger charge is -2.13. The van der Waals surface area contributed by atoms with Gasteiger partial charge in [0.05, 0.1) is 21.3 Å². The first-order valence-corrected chi connectivity index (χ1v) is 7.18. The minimum absolute atomic E-state index is 0.436. The van der Waals surface area contributed by atoms with Crippen molar-refractivity contribution in [2.45, 2.75) is 25.8 Å². The monoisotopic (exact) mass is 309 g/mol. The molecule has 0 spiro atoms. The fraction of sp³-hybridized carbons (Fsp3) is 0.286. The van der Waals surface area contributed by atoms with Crippen LogP contribution in [0.15, 0.2) is 18.2 Å². The first kappa shape index (κ1) is 13.5. The number of aryl methyl sites for hydroxylation is 1. The quantitative estimate of drug-likeness (QED) is 0.925. The normalized spacial score (nSPS) is 14.1. The minimum Gasteiger partial charge on any atom is -0.365 e. The number of fused-ring (bicyclic) bond motifs is 1. The van der Waals surface area contributed by atoms with Crippen LogP contribution in [-0.2, 0) is 13.0 Å². The maximum Gasteiger partial charge on any atom is 0.252 e. The van der Waals surface area contributed by atoms with Gasteiger partial charge in [-0.15, -0.1) is 0 Å². The number of carbonyl (C=O) groups excluding carboxylic acids is 1. The summed E-state index contributed by atoms with van der Waals surface area (Å²) in [6, 6.07) is 5.21. The van der Waals surface area contributed by atoms with Crippen LogP contribution in [0.3, 0.4) is 0 Å². The van der Waals surface area contributed by atoms with Crippen molar-refractivity contribution in [3.05, 3.63) is 39.5 Å². The number of benzene rings is 1. The molecule has 0 fully saturated rings. The van der Waals surface area contributed by atoms with Gasteiger partial charge in [0.15, 0.2) is 0 Å². The maximum absolute atomic E-state index is 11.8. The summed E-state index contributed by atoms with van der Waals surface area (Å²) in [5.74, 6) is -0.450. The molecule has 104 valence electrons. The molecule has 0 bridgehead atoms. The molecule has 0 aliphatic carbocycles. The Morgan fingerprint density at radius 3 is 2.75 bits per heavy atom. The Balaban J connectivity index is 2.19. The molecule has 2 aromatic rings. The summed E-state index contributed by atoms with van der Waals surface area (Å²) in [7, 11) is 0. The standard InChI is InChI=1S/C14H13Cl2N3O/c15-9-5-4-8(7-10(9)16)13-12(14(17)20)11-3-1-2-6-19(11)18-13/h4-5,7H,1-3,6H2,(H2,17,20). The highest BCUT2D eigenvalue weighted by Crippen LogP contribution is 2.32. The number of rotatable bonds is 2. The van der Waals surface area contributed by atoms with E-state index in [0.717, 1.165) is 37.1 Å². The van der Waals surface area contributed by atoms with Crippen molar-refractivity contribution in [3.8, 4) is 11.3 Å². The molecule has 0 atom stereocenters. The molecule has 0 unspecified atom stereocenters. The summed E-state index contributed by atoms with van der Waals surface area (Å²) >= 11 is 12.0. The largest absolute Gasteiger partial charge is 0.365 e. The zero-order valence-corrected chi connectivity index (χ0v) is 12.2. The molecule has 1 aliphatic rings. The number of carbonyl (C=O) groups is 1. The van der Waals surface area contributed by atoms with E-state index in [9.17, 15) is 4.79 Å². The number of amides is 1. The molecule has 1 aliphatic heterocycles. The predicted octanol–water partition coefficient (Wildman–Crippen LogP) is 3.29. The topological polar surface area (TPSA) is 60.9 Å². The molecule has 0 saturated carbocycles. The SMILES string of the molecule is NC(=O)c1c(-c2ccc(Cl)c(Cl)c2)nn2c1CCCC2. The Labute approximate surface area is 126 Å². The number of nitrogens with zero attached hydrogens (tertiary/aromatic N) is 2. The zero-order chi connectivity index (χ0) is 14.3. The van der Waals surface area contributed by atoms with Crippen LogP contribution in [0, 0.1) is 0 Å². The van der Waals surface area contributed by atoms with E-state index < -0.39 is 5.91 Å². The Kier molecular flexibility index (Phi) is 3.44. The highest BCUT2D eigenvalue weighted by atomic mass is 35.5. The minimum atomic E-state index is -0.450. The smallest absolute Gasteiger partial charge is 0.252 e. The lowest BCUT2D eigenvalue weighted by atomic mass is 10.0. The van der Waals surface area contributed by atoms with E-state index >= 15 is 0 Å². The third kappa shape index (κ3) is 2.19. The lowest BCUT2D eigenvalue weighted by Crippen LogP contribution is -2.17. The summed E-state index contributed by atoms with van der Waals surface area (Å²) in [6.07, 6.45) is 2.94. The third-order valence-corrected chi connectivity index (χ3v) is 4.27. The number of halogens is 2. The Morgan fingerprint density at radius 1 is 1.25 bits per heavy atom. The van der Waals surface area contributed by atoms with Gasteiger partial charge in [0.2, 0.25) is 0 Å². The summed E-state index contributed by atoms with van der Waals surface area (Å²) in [5.41, 5.74) is 8.31. The van der Waals surface area contributed by atoms with Crippen molar-refractivity contribution >= 4 is 29.1 Å². The fourth-order valence-electron chi connectivity index (χ4n) is 2.59. The van der Waals surface area contributed by atoms with Crippen LogP contribution >= 0.6 is 23.2 Å². The molecule has 0 radical (unpaired) electrons. The molecule has 1 aromatic carbocycles. The Morgan fingerprint density at radius 2 is 2.05 bits per heavy atom. The molecule has 2 heterocycles.